The quantitative estimate of drug-likeness (QED) is 0.207. The number of hydrogen-bond acceptors (Lipinski definition) is 4. The smallest absolute Gasteiger partial charge is 0.144 e. The van der Waals surface area contributed by atoms with Gasteiger partial charge in [-0.05, 0) is 32.9 Å². The number of rotatable bonds is 10. The molecule has 0 aliphatic carbocycles. The molecule has 108 valence electrons. The van der Waals surface area contributed by atoms with E-state index in [-0.39, 0.29) is 5.41 Å². The lowest BCUT2D eigenvalue weighted by Crippen LogP contribution is -2.32. The Kier molecular flexibility index (Phi) is 8.75. The second kappa shape index (κ2) is 9.16. The summed E-state index contributed by atoms with van der Waals surface area (Å²) in [7, 11) is 3.86. The summed E-state index contributed by atoms with van der Waals surface area (Å²) in [6, 6.07) is 0. The Hall–Kier alpha value is -0.810. The Morgan fingerprint density at radius 3 is 2.44 bits per heavy atom. The molecular weight excluding hydrogens is 230 g/mol. The van der Waals surface area contributed by atoms with Crippen LogP contribution in [0.25, 0.3) is 0 Å². The van der Waals surface area contributed by atoms with E-state index in [0.717, 1.165) is 45.4 Å². The SMILES string of the molecule is COCCCN(C)CCCCC(C)(C)C(N)=NO. The molecule has 5 nitrogen and oxygen atoms in total. The van der Waals surface area contributed by atoms with Gasteiger partial charge in [0.2, 0.25) is 0 Å². The highest BCUT2D eigenvalue weighted by atomic mass is 16.5. The molecule has 0 aliphatic heterocycles. The number of nitrogens with two attached hydrogens (primary N) is 1. The summed E-state index contributed by atoms with van der Waals surface area (Å²) in [4.78, 5) is 2.31. The van der Waals surface area contributed by atoms with Crippen LogP contribution < -0.4 is 5.73 Å². The minimum absolute atomic E-state index is 0.219. The molecule has 0 aromatic rings. The standard InChI is InChI=1S/C13H29N3O2/c1-13(2,12(14)15-17)8-5-6-9-16(3)10-7-11-18-4/h17H,5-11H2,1-4H3,(H2,14,15). The van der Waals surface area contributed by atoms with Gasteiger partial charge < -0.3 is 20.6 Å². The van der Waals surface area contributed by atoms with Crippen LogP contribution in [0.1, 0.15) is 39.5 Å². The zero-order valence-electron chi connectivity index (χ0n) is 12.3. The maximum Gasteiger partial charge on any atom is 0.144 e. The van der Waals surface area contributed by atoms with Crippen LogP contribution in [0.3, 0.4) is 0 Å². The van der Waals surface area contributed by atoms with Crippen molar-refractivity contribution in [2.45, 2.75) is 39.5 Å². The third kappa shape index (κ3) is 7.50. The van der Waals surface area contributed by atoms with Gasteiger partial charge in [-0.25, -0.2) is 0 Å². The summed E-state index contributed by atoms with van der Waals surface area (Å²) in [5.74, 6) is 0.316. The number of nitrogens with zero attached hydrogens (tertiary/aromatic N) is 2. The van der Waals surface area contributed by atoms with Gasteiger partial charge in [0, 0.05) is 25.7 Å². The average molecular weight is 259 g/mol. The van der Waals surface area contributed by atoms with Crippen LogP contribution in [-0.2, 0) is 4.74 Å². The summed E-state index contributed by atoms with van der Waals surface area (Å²) in [6.07, 6.45) is 4.22. The van der Waals surface area contributed by atoms with Crippen LogP contribution in [-0.4, -0.2) is 49.8 Å². The third-order valence-electron chi connectivity index (χ3n) is 3.28. The van der Waals surface area contributed by atoms with Gasteiger partial charge in [-0.15, -0.1) is 0 Å². The molecule has 0 fully saturated rings. The van der Waals surface area contributed by atoms with Crippen molar-refractivity contribution >= 4 is 5.84 Å². The maximum absolute atomic E-state index is 8.68. The van der Waals surface area contributed by atoms with Crippen LogP contribution in [0.15, 0.2) is 5.16 Å². The molecule has 0 aliphatic rings. The molecule has 0 aromatic heterocycles. The summed E-state index contributed by atoms with van der Waals surface area (Å²) in [6.45, 7) is 6.98. The fourth-order valence-corrected chi connectivity index (χ4v) is 1.80. The lowest BCUT2D eigenvalue weighted by Gasteiger charge is -2.23. The minimum Gasteiger partial charge on any atom is -0.409 e. The van der Waals surface area contributed by atoms with Crippen LogP contribution in [0, 0.1) is 5.41 Å². The van der Waals surface area contributed by atoms with Crippen molar-refractivity contribution in [2.75, 3.05) is 33.9 Å². The summed E-state index contributed by atoms with van der Waals surface area (Å²) in [5, 5.41) is 11.8. The first-order chi connectivity index (χ1) is 8.44. The van der Waals surface area contributed by atoms with Crippen LogP contribution >= 0.6 is 0 Å². The molecule has 0 bridgehead atoms. The van der Waals surface area contributed by atoms with Gasteiger partial charge in [0.1, 0.15) is 5.84 Å². The van der Waals surface area contributed by atoms with Gasteiger partial charge in [0.25, 0.3) is 0 Å². The van der Waals surface area contributed by atoms with E-state index < -0.39 is 0 Å². The van der Waals surface area contributed by atoms with E-state index in [4.69, 9.17) is 15.7 Å². The Morgan fingerprint density at radius 2 is 1.89 bits per heavy atom. The first kappa shape index (κ1) is 17.2. The van der Waals surface area contributed by atoms with E-state index in [2.05, 4.69) is 17.1 Å². The van der Waals surface area contributed by atoms with Gasteiger partial charge in [-0.3, -0.25) is 0 Å². The van der Waals surface area contributed by atoms with Gasteiger partial charge in [0.15, 0.2) is 0 Å². The van der Waals surface area contributed by atoms with E-state index in [1.54, 1.807) is 7.11 Å². The highest BCUT2D eigenvalue weighted by Gasteiger charge is 2.22. The van der Waals surface area contributed by atoms with E-state index in [1.807, 2.05) is 13.8 Å². The lowest BCUT2D eigenvalue weighted by atomic mass is 9.86. The highest BCUT2D eigenvalue weighted by molar-refractivity contribution is 5.85. The highest BCUT2D eigenvalue weighted by Crippen LogP contribution is 2.23. The lowest BCUT2D eigenvalue weighted by molar-refractivity contribution is 0.178. The van der Waals surface area contributed by atoms with Crippen LogP contribution in [0.2, 0.25) is 0 Å². The molecule has 5 heteroatoms. The molecule has 0 aromatic carbocycles. The molecule has 0 saturated carbocycles. The zero-order valence-corrected chi connectivity index (χ0v) is 12.3. The second-order valence-corrected chi connectivity index (χ2v) is 5.48. The fourth-order valence-electron chi connectivity index (χ4n) is 1.80. The molecular formula is C13H29N3O2. The van der Waals surface area contributed by atoms with E-state index in [9.17, 15) is 0 Å². The molecule has 0 radical (unpaired) electrons. The normalized spacial score (nSPS) is 13.3. The third-order valence-corrected chi connectivity index (χ3v) is 3.28. The first-order valence-electron chi connectivity index (χ1n) is 6.59. The molecule has 0 atom stereocenters. The predicted octanol–water partition coefficient (Wildman–Crippen LogP) is 1.90. The monoisotopic (exact) mass is 259 g/mol. The zero-order chi connectivity index (χ0) is 14.0. The Bertz CT molecular complexity index is 242. The number of methoxy groups -OCH3 is 1. The molecule has 3 N–H and O–H groups in total. The molecule has 0 spiro atoms. The van der Waals surface area contributed by atoms with Gasteiger partial charge >= 0.3 is 0 Å². The number of ether oxygens (including phenoxy) is 1. The van der Waals surface area contributed by atoms with Crippen molar-refractivity contribution in [1.82, 2.24) is 4.90 Å². The topological polar surface area (TPSA) is 71.1 Å². The van der Waals surface area contributed by atoms with Crippen molar-refractivity contribution in [3.8, 4) is 0 Å². The maximum atomic E-state index is 8.68. The van der Waals surface area contributed by atoms with Gasteiger partial charge in [0.05, 0.1) is 0 Å². The first-order valence-corrected chi connectivity index (χ1v) is 6.59. The average Bonchev–Trinajstić information content (AvgIpc) is 2.34. The van der Waals surface area contributed by atoms with Crippen molar-refractivity contribution in [3.05, 3.63) is 0 Å². The fraction of sp³-hybridized carbons (Fsp3) is 0.923. The largest absolute Gasteiger partial charge is 0.409 e. The van der Waals surface area contributed by atoms with Gasteiger partial charge in [-0.1, -0.05) is 25.4 Å². The van der Waals surface area contributed by atoms with Crippen LogP contribution in [0.5, 0.6) is 0 Å². The van der Waals surface area contributed by atoms with E-state index in [0.29, 0.717) is 5.84 Å². The Labute approximate surface area is 111 Å². The summed E-state index contributed by atoms with van der Waals surface area (Å²) < 4.78 is 5.02. The second-order valence-electron chi connectivity index (χ2n) is 5.48. The Balaban J connectivity index is 3.67. The van der Waals surface area contributed by atoms with Gasteiger partial charge in [-0.2, -0.15) is 0 Å². The predicted molar refractivity (Wildman–Crippen MR) is 75.0 cm³/mol. The molecule has 0 unspecified atom stereocenters. The Morgan fingerprint density at radius 1 is 1.28 bits per heavy atom. The summed E-state index contributed by atoms with van der Waals surface area (Å²) in [5.41, 5.74) is 5.43. The number of hydrogen-bond donors (Lipinski definition) is 2. The van der Waals surface area contributed by atoms with Crippen LogP contribution in [0.4, 0.5) is 0 Å². The molecule has 0 rings (SSSR count). The molecule has 18 heavy (non-hydrogen) atoms. The number of amidine groups is 1. The molecule has 0 heterocycles. The van der Waals surface area contributed by atoms with Crippen molar-refractivity contribution in [3.63, 3.8) is 0 Å². The van der Waals surface area contributed by atoms with E-state index in [1.165, 1.54) is 0 Å². The van der Waals surface area contributed by atoms with E-state index >= 15 is 0 Å². The van der Waals surface area contributed by atoms with Crippen molar-refractivity contribution in [2.24, 2.45) is 16.3 Å². The van der Waals surface area contributed by atoms with Crippen molar-refractivity contribution < 1.29 is 9.94 Å². The number of unbranched alkanes of at least 4 members (excludes halogenated alkanes) is 1. The summed E-state index contributed by atoms with van der Waals surface area (Å²) >= 11 is 0. The molecule has 0 amide bonds. The van der Waals surface area contributed by atoms with Crippen molar-refractivity contribution in [1.29, 1.82) is 0 Å². The number of oxime groups is 1. The minimum atomic E-state index is -0.219. The molecule has 0 saturated heterocycles.